The number of anilines is 1. The number of aromatic nitrogens is 1. The van der Waals surface area contributed by atoms with Crippen molar-refractivity contribution in [2.24, 2.45) is 0 Å². The summed E-state index contributed by atoms with van der Waals surface area (Å²) in [4.78, 5) is 18.5. The van der Waals surface area contributed by atoms with E-state index in [1.54, 1.807) is 7.11 Å². The third kappa shape index (κ3) is 4.28. The van der Waals surface area contributed by atoms with Gasteiger partial charge in [-0.05, 0) is 24.3 Å². The number of hydrogen-bond acceptors (Lipinski definition) is 4. The average Bonchev–Trinajstić information content (AvgIpc) is 3.13. The van der Waals surface area contributed by atoms with E-state index in [4.69, 9.17) is 9.72 Å². The van der Waals surface area contributed by atoms with Crippen LogP contribution in [0.25, 0.3) is 10.2 Å². The Morgan fingerprint density at radius 2 is 2.04 bits per heavy atom. The molecule has 140 valence electrons. The summed E-state index contributed by atoms with van der Waals surface area (Å²) in [6.07, 6.45) is 2.17. The van der Waals surface area contributed by atoms with Crippen LogP contribution in [0.2, 0.25) is 0 Å². The summed E-state index contributed by atoms with van der Waals surface area (Å²) in [5, 5.41) is 4.22. The van der Waals surface area contributed by atoms with E-state index in [-0.39, 0.29) is 5.91 Å². The molecule has 0 aliphatic carbocycles. The fraction of sp³-hybridized carbons (Fsp3) is 0.333. The molecule has 2 heterocycles. The van der Waals surface area contributed by atoms with Crippen LogP contribution in [-0.4, -0.2) is 37.6 Å². The lowest BCUT2D eigenvalue weighted by Gasteiger charge is -2.27. The Morgan fingerprint density at radius 1 is 1.22 bits per heavy atom. The van der Waals surface area contributed by atoms with Crippen molar-refractivity contribution in [3.8, 4) is 5.75 Å². The predicted octanol–water partition coefficient (Wildman–Crippen LogP) is 2.71. The lowest BCUT2D eigenvalue weighted by atomic mass is 9.97. The maximum Gasteiger partial charge on any atom is 0.279 e. The number of rotatable bonds is 5. The Morgan fingerprint density at radius 3 is 2.81 bits per heavy atom. The molecule has 0 saturated carbocycles. The normalized spacial score (nSPS) is 19.7. The van der Waals surface area contributed by atoms with Gasteiger partial charge in [-0.15, -0.1) is 11.3 Å². The first-order chi connectivity index (χ1) is 13.2. The molecule has 0 unspecified atom stereocenters. The molecule has 1 saturated heterocycles. The first-order valence-corrected chi connectivity index (χ1v) is 10.2. The van der Waals surface area contributed by atoms with Crippen LogP contribution in [-0.2, 0) is 4.79 Å². The molecule has 3 aromatic rings. The Labute approximate surface area is 163 Å². The van der Waals surface area contributed by atoms with Crippen molar-refractivity contribution in [3.63, 3.8) is 0 Å². The van der Waals surface area contributed by atoms with Gasteiger partial charge in [0.05, 0.1) is 35.4 Å². The van der Waals surface area contributed by atoms with Crippen molar-refractivity contribution in [2.45, 2.75) is 18.8 Å². The number of quaternary nitrogens is 1. The molecule has 2 aromatic carbocycles. The van der Waals surface area contributed by atoms with Crippen LogP contribution in [0.15, 0.2) is 48.5 Å². The molecule has 0 radical (unpaired) electrons. The zero-order chi connectivity index (χ0) is 18.6. The van der Waals surface area contributed by atoms with Gasteiger partial charge in [0.15, 0.2) is 6.54 Å². The maximum absolute atomic E-state index is 12.4. The van der Waals surface area contributed by atoms with Crippen LogP contribution in [0.1, 0.15) is 23.8 Å². The Bertz CT molecular complexity index is 899. The highest BCUT2D eigenvalue weighted by Gasteiger charge is 2.27. The zero-order valence-electron chi connectivity index (χ0n) is 15.4. The molecule has 0 atom stereocenters. The Hall–Kier alpha value is -2.44. The molecule has 1 fully saturated rings. The van der Waals surface area contributed by atoms with E-state index in [2.05, 4.69) is 23.5 Å². The zero-order valence-corrected chi connectivity index (χ0v) is 16.2. The highest BCUT2D eigenvalue weighted by atomic mass is 32.1. The van der Waals surface area contributed by atoms with Crippen molar-refractivity contribution in [1.82, 2.24) is 4.98 Å². The van der Waals surface area contributed by atoms with Crippen LogP contribution in [0, 0.1) is 0 Å². The van der Waals surface area contributed by atoms with E-state index in [1.165, 1.54) is 14.6 Å². The quantitative estimate of drug-likeness (QED) is 0.713. The number of carbonyl (C=O) groups is 1. The van der Waals surface area contributed by atoms with Gasteiger partial charge in [-0.2, -0.15) is 0 Å². The predicted molar refractivity (Wildman–Crippen MR) is 109 cm³/mol. The summed E-state index contributed by atoms with van der Waals surface area (Å²) >= 11 is 1.81. The van der Waals surface area contributed by atoms with Crippen LogP contribution in [0.4, 0.5) is 5.69 Å². The van der Waals surface area contributed by atoms with Gasteiger partial charge >= 0.3 is 0 Å². The number of carbonyl (C=O) groups excluding carboxylic acids is 1. The average molecular weight is 383 g/mol. The number of likely N-dealkylation sites (tertiary alicyclic amines) is 1. The second-order valence-corrected chi connectivity index (χ2v) is 8.06. The molecular weight excluding hydrogens is 358 g/mol. The number of nitrogens with one attached hydrogen (secondary N) is 2. The van der Waals surface area contributed by atoms with Crippen molar-refractivity contribution < 1.29 is 14.4 Å². The van der Waals surface area contributed by atoms with Crippen molar-refractivity contribution in [2.75, 3.05) is 32.1 Å². The molecule has 0 bridgehead atoms. The maximum atomic E-state index is 12.4. The number of ether oxygens (including phenoxy) is 1. The number of amides is 1. The summed E-state index contributed by atoms with van der Waals surface area (Å²) in [6, 6.07) is 15.8. The number of hydrogen-bond donors (Lipinski definition) is 2. The molecule has 2 N–H and O–H groups in total. The SMILES string of the molecule is COc1cccc(NC(=O)C[NH+]2CCC(c3nc4ccccc4s3)CC2)c1. The lowest BCUT2D eigenvalue weighted by molar-refractivity contribution is -0.897. The molecule has 0 spiro atoms. The second-order valence-electron chi connectivity index (χ2n) is 7.00. The smallest absolute Gasteiger partial charge is 0.279 e. The number of thiazole rings is 1. The molecule has 1 amide bonds. The van der Waals surface area contributed by atoms with Crippen LogP contribution in [0.3, 0.4) is 0 Å². The van der Waals surface area contributed by atoms with Gasteiger partial charge in [-0.25, -0.2) is 4.98 Å². The first kappa shape index (κ1) is 17.9. The minimum absolute atomic E-state index is 0.0525. The number of methoxy groups -OCH3 is 1. The van der Waals surface area contributed by atoms with E-state index in [0.717, 1.165) is 42.9 Å². The highest BCUT2D eigenvalue weighted by Crippen LogP contribution is 2.31. The first-order valence-electron chi connectivity index (χ1n) is 9.34. The topological polar surface area (TPSA) is 55.7 Å². The van der Waals surface area contributed by atoms with Crippen molar-refractivity contribution in [1.29, 1.82) is 0 Å². The third-order valence-corrected chi connectivity index (χ3v) is 6.32. The minimum atomic E-state index is 0.0525. The molecular formula is C21H24N3O2S+. The van der Waals surface area contributed by atoms with Gasteiger partial charge in [0.2, 0.25) is 0 Å². The summed E-state index contributed by atoms with van der Waals surface area (Å²) < 4.78 is 6.46. The molecule has 4 rings (SSSR count). The summed E-state index contributed by atoms with van der Waals surface area (Å²) in [7, 11) is 1.63. The van der Waals surface area contributed by atoms with Gasteiger partial charge in [-0.3, -0.25) is 4.79 Å². The van der Waals surface area contributed by atoms with Gasteiger partial charge in [-0.1, -0.05) is 18.2 Å². The fourth-order valence-electron chi connectivity index (χ4n) is 3.65. The monoisotopic (exact) mass is 382 g/mol. The van der Waals surface area contributed by atoms with Gasteiger partial charge in [0.25, 0.3) is 5.91 Å². The molecule has 1 aliphatic rings. The van der Waals surface area contributed by atoms with Crippen molar-refractivity contribution >= 4 is 33.1 Å². The van der Waals surface area contributed by atoms with E-state index in [9.17, 15) is 4.79 Å². The fourth-order valence-corrected chi connectivity index (χ4v) is 4.78. The van der Waals surface area contributed by atoms with Crippen LogP contribution >= 0.6 is 11.3 Å². The number of fused-ring (bicyclic) bond motifs is 1. The van der Waals surface area contributed by atoms with E-state index in [0.29, 0.717) is 12.5 Å². The number of nitrogens with zero attached hydrogens (tertiary/aromatic N) is 1. The third-order valence-electron chi connectivity index (χ3n) is 5.12. The van der Waals surface area contributed by atoms with Gasteiger partial charge in [0, 0.05) is 30.5 Å². The van der Waals surface area contributed by atoms with E-state index in [1.807, 2.05) is 41.7 Å². The second kappa shape index (κ2) is 8.06. The Balaban J connectivity index is 1.30. The van der Waals surface area contributed by atoms with E-state index < -0.39 is 0 Å². The number of benzene rings is 2. The standard InChI is InChI=1S/C21H23N3O2S/c1-26-17-6-4-5-16(13-17)22-20(25)14-24-11-9-15(10-12-24)21-23-18-7-2-3-8-19(18)27-21/h2-8,13,15H,9-12,14H2,1H3,(H,22,25)/p+1. The summed E-state index contributed by atoms with van der Waals surface area (Å²) in [5.74, 6) is 1.32. The molecule has 27 heavy (non-hydrogen) atoms. The summed E-state index contributed by atoms with van der Waals surface area (Å²) in [6.45, 7) is 2.52. The summed E-state index contributed by atoms with van der Waals surface area (Å²) in [5.41, 5.74) is 1.88. The number of piperidine rings is 1. The van der Waals surface area contributed by atoms with Gasteiger partial charge < -0.3 is 15.0 Å². The molecule has 5 nitrogen and oxygen atoms in total. The van der Waals surface area contributed by atoms with Crippen molar-refractivity contribution in [3.05, 3.63) is 53.5 Å². The Kier molecular flexibility index (Phi) is 5.36. The van der Waals surface area contributed by atoms with E-state index >= 15 is 0 Å². The highest BCUT2D eigenvalue weighted by molar-refractivity contribution is 7.18. The largest absolute Gasteiger partial charge is 0.497 e. The molecule has 1 aliphatic heterocycles. The molecule has 6 heteroatoms. The van der Waals surface area contributed by atoms with Gasteiger partial charge in [0.1, 0.15) is 5.75 Å². The minimum Gasteiger partial charge on any atom is -0.497 e. The number of para-hydroxylation sites is 1. The molecule has 1 aromatic heterocycles. The lowest BCUT2D eigenvalue weighted by Crippen LogP contribution is -3.14. The van der Waals surface area contributed by atoms with Crippen LogP contribution < -0.4 is 15.0 Å². The van der Waals surface area contributed by atoms with Crippen LogP contribution in [0.5, 0.6) is 5.75 Å².